The third-order valence-corrected chi connectivity index (χ3v) is 1.56. The number of hydrogen-bond donors (Lipinski definition) is 1. The quantitative estimate of drug-likeness (QED) is 0.621. The Balaban J connectivity index is 3.62. The second kappa shape index (κ2) is 3.83. The van der Waals surface area contributed by atoms with Gasteiger partial charge in [-0.2, -0.15) is 0 Å². The van der Waals surface area contributed by atoms with Crippen LogP contribution in [0.1, 0.15) is 26.7 Å². The van der Waals surface area contributed by atoms with E-state index in [1.807, 2.05) is 6.92 Å². The van der Waals surface area contributed by atoms with Crippen molar-refractivity contribution in [3.63, 3.8) is 0 Å². The molecule has 0 aromatic heterocycles. The Kier molecular flexibility index (Phi) is 3.78. The van der Waals surface area contributed by atoms with E-state index in [4.69, 9.17) is 5.11 Å². The fourth-order valence-corrected chi connectivity index (χ4v) is 0.792. The summed E-state index contributed by atoms with van der Waals surface area (Å²) in [6.45, 7) is 3.29. The van der Waals surface area contributed by atoms with E-state index in [0.29, 0.717) is 0 Å². The first kappa shape index (κ1) is 8.89. The van der Waals surface area contributed by atoms with Gasteiger partial charge in [0.25, 0.3) is 0 Å². The molecule has 0 aliphatic heterocycles. The summed E-state index contributed by atoms with van der Waals surface area (Å²) in [5.74, 6) is 0. The van der Waals surface area contributed by atoms with Gasteiger partial charge in [-0.05, 0) is 6.42 Å². The van der Waals surface area contributed by atoms with E-state index in [9.17, 15) is 4.39 Å². The van der Waals surface area contributed by atoms with Crippen molar-refractivity contribution >= 4 is 0 Å². The van der Waals surface area contributed by atoms with Crippen molar-refractivity contribution in [2.75, 3.05) is 13.3 Å². The number of alkyl halides is 1. The summed E-state index contributed by atoms with van der Waals surface area (Å²) in [5.41, 5.74) is -0.477. The van der Waals surface area contributed by atoms with Crippen LogP contribution in [-0.4, -0.2) is 18.4 Å². The van der Waals surface area contributed by atoms with E-state index < -0.39 is 12.1 Å². The van der Waals surface area contributed by atoms with Crippen LogP contribution < -0.4 is 0 Å². The summed E-state index contributed by atoms with van der Waals surface area (Å²) >= 11 is 0. The monoisotopic (exact) mass is 134 g/mol. The summed E-state index contributed by atoms with van der Waals surface area (Å²) in [5, 5.41) is 8.68. The molecule has 0 aliphatic rings. The van der Waals surface area contributed by atoms with E-state index in [1.54, 1.807) is 6.92 Å². The molecule has 0 bridgehead atoms. The third kappa shape index (κ3) is 2.80. The van der Waals surface area contributed by atoms with Crippen molar-refractivity contribution in [3.05, 3.63) is 0 Å². The molecular formula is C7H15FO. The lowest BCUT2D eigenvalue weighted by molar-refractivity contribution is 0.101. The van der Waals surface area contributed by atoms with E-state index in [2.05, 4.69) is 0 Å². The smallest absolute Gasteiger partial charge is 0.0969 e. The van der Waals surface area contributed by atoms with Gasteiger partial charge in [0.1, 0.15) is 0 Å². The van der Waals surface area contributed by atoms with Gasteiger partial charge in [-0.1, -0.05) is 20.3 Å². The van der Waals surface area contributed by atoms with E-state index >= 15 is 0 Å². The molecule has 0 aromatic carbocycles. The van der Waals surface area contributed by atoms with Gasteiger partial charge in [-0.25, -0.2) is 0 Å². The van der Waals surface area contributed by atoms with Gasteiger partial charge in [0, 0.05) is 5.41 Å². The maximum absolute atomic E-state index is 12.1. The fraction of sp³-hybridized carbons (Fsp3) is 1.00. The molecule has 2 heteroatoms. The van der Waals surface area contributed by atoms with Crippen molar-refractivity contribution in [1.82, 2.24) is 0 Å². The normalized spacial score (nSPS) is 17.3. The topological polar surface area (TPSA) is 20.2 Å². The molecule has 0 rings (SSSR count). The Morgan fingerprint density at radius 3 is 2.22 bits per heavy atom. The summed E-state index contributed by atoms with van der Waals surface area (Å²) in [6, 6.07) is 0. The second-order valence-corrected chi connectivity index (χ2v) is 2.85. The Morgan fingerprint density at radius 2 is 2.11 bits per heavy atom. The predicted octanol–water partition coefficient (Wildman–Crippen LogP) is 1.75. The van der Waals surface area contributed by atoms with Gasteiger partial charge in [-0.15, -0.1) is 0 Å². The van der Waals surface area contributed by atoms with E-state index in [1.165, 1.54) is 0 Å². The highest BCUT2D eigenvalue weighted by molar-refractivity contribution is 4.70. The SMILES string of the molecule is CCCC(C)(CO)CF. The first-order valence-corrected chi connectivity index (χ1v) is 3.35. The molecule has 0 spiro atoms. The molecule has 1 nitrogen and oxygen atoms in total. The minimum absolute atomic E-state index is 0.0443. The molecule has 0 heterocycles. The molecular weight excluding hydrogens is 119 g/mol. The second-order valence-electron chi connectivity index (χ2n) is 2.85. The number of halogens is 1. The highest BCUT2D eigenvalue weighted by Gasteiger charge is 2.21. The fourth-order valence-electron chi connectivity index (χ4n) is 0.792. The van der Waals surface area contributed by atoms with Crippen molar-refractivity contribution in [3.8, 4) is 0 Å². The maximum Gasteiger partial charge on any atom is 0.0969 e. The minimum atomic E-state index is -0.477. The Hall–Kier alpha value is -0.110. The molecule has 1 N–H and O–H groups in total. The van der Waals surface area contributed by atoms with Crippen molar-refractivity contribution in [1.29, 1.82) is 0 Å². The van der Waals surface area contributed by atoms with E-state index in [0.717, 1.165) is 12.8 Å². The van der Waals surface area contributed by atoms with Crippen molar-refractivity contribution in [2.45, 2.75) is 26.7 Å². The number of aliphatic hydroxyl groups is 1. The first-order chi connectivity index (χ1) is 4.18. The van der Waals surface area contributed by atoms with Gasteiger partial charge >= 0.3 is 0 Å². The number of hydrogen-bond acceptors (Lipinski definition) is 1. The standard InChI is InChI=1S/C7H15FO/c1-3-4-7(2,5-8)6-9/h9H,3-6H2,1-2H3. The average Bonchev–Trinajstić information content (AvgIpc) is 1.89. The van der Waals surface area contributed by atoms with Crippen LogP contribution in [0.2, 0.25) is 0 Å². The summed E-state index contributed by atoms with van der Waals surface area (Å²) < 4.78 is 12.1. The van der Waals surface area contributed by atoms with Crippen LogP contribution in [0, 0.1) is 5.41 Å². The maximum atomic E-state index is 12.1. The summed E-state index contributed by atoms with van der Waals surface area (Å²) in [6.07, 6.45) is 1.70. The highest BCUT2D eigenvalue weighted by Crippen LogP contribution is 2.22. The molecule has 0 amide bonds. The van der Waals surface area contributed by atoms with Gasteiger partial charge < -0.3 is 5.11 Å². The number of aliphatic hydroxyl groups excluding tert-OH is 1. The first-order valence-electron chi connectivity index (χ1n) is 3.35. The van der Waals surface area contributed by atoms with Gasteiger partial charge in [0.2, 0.25) is 0 Å². The summed E-state index contributed by atoms with van der Waals surface area (Å²) in [7, 11) is 0. The lowest BCUT2D eigenvalue weighted by Gasteiger charge is -2.21. The molecule has 0 radical (unpaired) electrons. The van der Waals surface area contributed by atoms with Crippen molar-refractivity contribution in [2.24, 2.45) is 5.41 Å². The molecule has 56 valence electrons. The summed E-state index contributed by atoms with van der Waals surface area (Å²) in [4.78, 5) is 0. The van der Waals surface area contributed by atoms with Crippen LogP contribution >= 0.6 is 0 Å². The molecule has 0 saturated carbocycles. The van der Waals surface area contributed by atoms with Gasteiger partial charge in [-0.3, -0.25) is 4.39 Å². The Bertz CT molecular complexity index is 69.3. The molecule has 0 aromatic rings. The van der Waals surface area contributed by atoms with Crippen LogP contribution in [0.3, 0.4) is 0 Å². The molecule has 0 saturated heterocycles. The van der Waals surface area contributed by atoms with Gasteiger partial charge in [0.05, 0.1) is 13.3 Å². The number of rotatable bonds is 4. The molecule has 9 heavy (non-hydrogen) atoms. The largest absolute Gasteiger partial charge is 0.396 e. The van der Waals surface area contributed by atoms with Crippen LogP contribution in [0.25, 0.3) is 0 Å². The molecule has 0 fully saturated rings. The van der Waals surface area contributed by atoms with Crippen LogP contribution in [0.15, 0.2) is 0 Å². The zero-order valence-electron chi connectivity index (χ0n) is 6.15. The van der Waals surface area contributed by atoms with Crippen LogP contribution in [0.5, 0.6) is 0 Å². The Labute approximate surface area is 55.9 Å². The predicted molar refractivity (Wildman–Crippen MR) is 36.1 cm³/mol. The van der Waals surface area contributed by atoms with Gasteiger partial charge in [0.15, 0.2) is 0 Å². The van der Waals surface area contributed by atoms with Crippen LogP contribution in [0.4, 0.5) is 4.39 Å². The highest BCUT2D eigenvalue weighted by atomic mass is 19.1. The van der Waals surface area contributed by atoms with Crippen LogP contribution in [-0.2, 0) is 0 Å². The lowest BCUT2D eigenvalue weighted by atomic mass is 9.88. The average molecular weight is 134 g/mol. The molecule has 1 atom stereocenters. The Morgan fingerprint density at radius 1 is 1.56 bits per heavy atom. The molecule has 0 aliphatic carbocycles. The van der Waals surface area contributed by atoms with Crippen molar-refractivity contribution < 1.29 is 9.50 Å². The zero-order chi connectivity index (χ0) is 7.33. The lowest BCUT2D eigenvalue weighted by Crippen LogP contribution is -2.23. The zero-order valence-corrected chi connectivity index (χ0v) is 6.15. The minimum Gasteiger partial charge on any atom is -0.396 e. The third-order valence-electron chi connectivity index (χ3n) is 1.56. The van der Waals surface area contributed by atoms with E-state index in [-0.39, 0.29) is 6.61 Å². The molecule has 1 unspecified atom stereocenters.